The summed E-state index contributed by atoms with van der Waals surface area (Å²) in [7, 11) is 0. The quantitative estimate of drug-likeness (QED) is 0.801. The van der Waals surface area contributed by atoms with Gasteiger partial charge in [-0.25, -0.2) is 4.98 Å². The van der Waals surface area contributed by atoms with Crippen LogP contribution in [0.4, 0.5) is 0 Å². The lowest BCUT2D eigenvalue weighted by Gasteiger charge is -2.12. The van der Waals surface area contributed by atoms with Crippen molar-refractivity contribution in [3.05, 3.63) is 23.4 Å². The highest BCUT2D eigenvalue weighted by Gasteiger charge is 2.22. The molecular weight excluding hydrogens is 188 g/mol. The number of hydrogen-bond acceptors (Lipinski definition) is 3. The van der Waals surface area contributed by atoms with E-state index < -0.39 is 0 Å². The molecule has 15 heavy (non-hydrogen) atoms. The topological polar surface area (TPSA) is 34.1 Å². The highest BCUT2D eigenvalue weighted by atomic mass is 16.5. The minimum Gasteiger partial charge on any atom is -0.473 e. The van der Waals surface area contributed by atoms with Gasteiger partial charge in [0.05, 0.1) is 0 Å². The summed E-state index contributed by atoms with van der Waals surface area (Å²) in [4.78, 5) is 4.37. The van der Waals surface area contributed by atoms with E-state index in [-0.39, 0.29) is 6.10 Å². The summed E-state index contributed by atoms with van der Waals surface area (Å²) in [5.74, 6) is 0.758. The van der Waals surface area contributed by atoms with Crippen LogP contribution >= 0.6 is 0 Å². The van der Waals surface area contributed by atoms with Gasteiger partial charge in [-0.3, -0.25) is 0 Å². The van der Waals surface area contributed by atoms with Crippen LogP contribution in [0.2, 0.25) is 0 Å². The first kappa shape index (κ1) is 10.4. The molecule has 0 bridgehead atoms. The van der Waals surface area contributed by atoms with Gasteiger partial charge in [-0.05, 0) is 32.4 Å². The van der Waals surface area contributed by atoms with Crippen molar-refractivity contribution >= 4 is 0 Å². The van der Waals surface area contributed by atoms with Crippen LogP contribution in [-0.2, 0) is 0 Å². The highest BCUT2D eigenvalue weighted by Crippen LogP contribution is 2.17. The molecule has 0 aromatic carbocycles. The minimum atomic E-state index is 0.272. The zero-order valence-electron chi connectivity index (χ0n) is 9.58. The van der Waals surface area contributed by atoms with Crippen LogP contribution in [0.25, 0.3) is 0 Å². The van der Waals surface area contributed by atoms with Crippen molar-refractivity contribution in [2.24, 2.45) is 0 Å². The zero-order chi connectivity index (χ0) is 10.8. The number of nitrogens with one attached hydrogen (secondary N) is 1. The molecule has 0 saturated carbocycles. The van der Waals surface area contributed by atoms with Crippen LogP contribution in [0.1, 0.15) is 24.6 Å². The lowest BCUT2D eigenvalue weighted by atomic mass is 10.2. The normalized spacial score (nSPS) is 25.5. The van der Waals surface area contributed by atoms with Gasteiger partial charge in [-0.1, -0.05) is 0 Å². The second-order valence-electron chi connectivity index (χ2n) is 4.41. The van der Waals surface area contributed by atoms with Gasteiger partial charge in [-0.2, -0.15) is 0 Å². The maximum atomic E-state index is 5.83. The van der Waals surface area contributed by atoms with Gasteiger partial charge in [-0.15, -0.1) is 0 Å². The molecule has 2 rings (SSSR count). The number of aryl methyl sites for hydroxylation is 2. The molecule has 1 aromatic heterocycles. The SMILES string of the molecule is Cc1cc(C)nc(O[C@H]2CN[C@@H](C)C2)c1. The summed E-state index contributed by atoms with van der Waals surface area (Å²) in [6.45, 7) is 7.17. The molecule has 1 fully saturated rings. The molecule has 82 valence electrons. The first-order valence-corrected chi connectivity index (χ1v) is 5.49. The van der Waals surface area contributed by atoms with E-state index in [0.29, 0.717) is 6.04 Å². The third-order valence-corrected chi connectivity index (χ3v) is 2.67. The number of rotatable bonds is 2. The van der Waals surface area contributed by atoms with Crippen LogP contribution in [0.3, 0.4) is 0 Å². The van der Waals surface area contributed by atoms with Crippen molar-refractivity contribution in [2.75, 3.05) is 6.54 Å². The van der Waals surface area contributed by atoms with E-state index in [4.69, 9.17) is 4.74 Å². The molecule has 0 radical (unpaired) electrons. The van der Waals surface area contributed by atoms with Crippen molar-refractivity contribution < 1.29 is 4.74 Å². The van der Waals surface area contributed by atoms with E-state index in [2.05, 4.69) is 30.2 Å². The summed E-state index contributed by atoms with van der Waals surface area (Å²) < 4.78 is 5.83. The summed E-state index contributed by atoms with van der Waals surface area (Å²) >= 11 is 0. The maximum absolute atomic E-state index is 5.83. The Balaban J connectivity index is 2.04. The monoisotopic (exact) mass is 206 g/mol. The second-order valence-corrected chi connectivity index (χ2v) is 4.41. The Morgan fingerprint density at radius 1 is 1.40 bits per heavy atom. The Labute approximate surface area is 90.9 Å². The molecule has 1 aliphatic rings. The van der Waals surface area contributed by atoms with Gasteiger partial charge < -0.3 is 10.1 Å². The molecule has 2 atom stereocenters. The van der Waals surface area contributed by atoms with Crippen molar-refractivity contribution in [3.63, 3.8) is 0 Å². The molecule has 1 aliphatic heterocycles. The second kappa shape index (κ2) is 4.19. The summed E-state index contributed by atoms with van der Waals surface area (Å²) in [5, 5.41) is 3.37. The van der Waals surface area contributed by atoms with E-state index in [1.807, 2.05) is 13.0 Å². The number of pyridine rings is 1. The maximum Gasteiger partial charge on any atom is 0.214 e. The summed E-state index contributed by atoms with van der Waals surface area (Å²) in [6.07, 6.45) is 1.34. The van der Waals surface area contributed by atoms with E-state index in [9.17, 15) is 0 Å². The Hall–Kier alpha value is -1.09. The minimum absolute atomic E-state index is 0.272. The molecule has 0 spiro atoms. The summed E-state index contributed by atoms with van der Waals surface area (Å²) in [5.41, 5.74) is 2.22. The smallest absolute Gasteiger partial charge is 0.214 e. The summed E-state index contributed by atoms with van der Waals surface area (Å²) in [6, 6.07) is 4.61. The van der Waals surface area contributed by atoms with E-state index in [0.717, 1.165) is 24.5 Å². The highest BCUT2D eigenvalue weighted by molar-refractivity contribution is 5.23. The number of hydrogen-bond donors (Lipinski definition) is 1. The predicted octanol–water partition coefficient (Wildman–Crippen LogP) is 1.83. The van der Waals surface area contributed by atoms with E-state index in [1.165, 1.54) is 5.56 Å². The van der Waals surface area contributed by atoms with Gasteiger partial charge in [0.15, 0.2) is 0 Å². The standard InChI is InChI=1S/C12H18N2O/c1-8-4-10(3)14-12(5-8)15-11-6-9(2)13-7-11/h4-5,9,11,13H,6-7H2,1-3H3/t9-,11+/m0/s1. The van der Waals surface area contributed by atoms with Crippen LogP contribution in [0.15, 0.2) is 12.1 Å². The van der Waals surface area contributed by atoms with Crippen molar-refractivity contribution in [1.82, 2.24) is 10.3 Å². The Bertz CT molecular complexity index is 331. The Morgan fingerprint density at radius 2 is 2.20 bits per heavy atom. The lowest BCUT2D eigenvalue weighted by Crippen LogP contribution is -2.21. The molecule has 3 heteroatoms. The Morgan fingerprint density at radius 3 is 2.80 bits per heavy atom. The van der Waals surface area contributed by atoms with Gasteiger partial charge in [0.1, 0.15) is 6.10 Å². The van der Waals surface area contributed by atoms with Gasteiger partial charge in [0, 0.05) is 30.8 Å². The van der Waals surface area contributed by atoms with Gasteiger partial charge in [0.25, 0.3) is 0 Å². The molecule has 3 nitrogen and oxygen atoms in total. The molecule has 0 amide bonds. The average molecular weight is 206 g/mol. The number of ether oxygens (including phenoxy) is 1. The molecule has 1 saturated heterocycles. The van der Waals surface area contributed by atoms with Gasteiger partial charge >= 0.3 is 0 Å². The third-order valence-electron chi connectivity index (χ3n) is 2.67. The van der Waals surface area contributed by atoms with Gasteiger partial charge in [0.2, 0.25) is 5.88 Å². The van der Waals surface area contributed by atoms with Crippen molar-refractivity contribution in [2.45, 2.75) is 39.3 Å². The largest absolute Gasteiger partial charge is 0.473 e. The first-order valence-electron chi connectivity index (χ1n) is 5.49. The van der Waals surface area contributed by atoms with E-state index >= 15 is 0 Å². The third kappa shape index (κ3) is 2.69. The van der Waals surface area contributed by atoms with Crippen LogP contribution < -0.4 is 10.1 Å². The average Bonchev–Trinajstić information content (AvgIpc) is 2.49. The lowest BCUT2D eigenvalue weighted by molar-refractivity contribution is 0.211. The zero-order valence-corrected chi connectivity index (χ0v) is 9.58. The van der Waals surface area contributed by atoms with Crippen LogP contribution in [0, 0.1) is 13.8 Å². The molecule has 0 unspecified atom stereocenters. The Kier molecular flexibility index (Phi) is 2.91. The van der Waals surface area contributed by atoms with Crippen LogP contribution in [-0.4, -0.2) is 23.7 Å². The van der Waals surface area contributed by atoms with Crippen LogP contribution in [0.5, 0.6) is 5.88 Å². The fourth-order valence-corrected chi connectivity index (χ4v) is 2.02. The molecule has 2 heterocycles. The fourth-order valence-electron chi connectivity index (χ4n) is 2.02. The predicted molar refractivity (Wildman–Crippen MR) is 60.2 cm³/mol. The van der Waals surface area contributed by atoms with Crippen molar-refractivity contribution in [3.8, 4) is 5.88 Å². The van der Waals surface area contributed by atoms with E-state index in [1.54, 1.807) is 0 Å². The first-order chi connectivity index (χ1) is 7.13. The molecule has 0 aliphatic carbocycles. The molecule has 1 N–H and O–H groups in total. The number of nitrogens with zero attached hydrogens (tertiary/aromatic N) is 1. The molecular formula is C12H18N2O. The van der Waals surface area contributed by atoms with Crippen molar-refractivity contribution in [1.29, 1.82) is 0 Å². The number of aromatic nitrogens is 1. The molecule has 1 aromatic rings. The fraction of sp³-hybridized carbons (Fsp3) is 0.583.